The molecule has 1 amide bonds. The Kier molecular flexibility index (Phi) is 3.18. The third-order valence-corrected chi connectivity index (χ3v) is 4.96. The molecule has 0 spiro atoms. The van der Waals surface area contributed by atoms with Gasteiger partial charge in [-0.2, -0.15) is 5.10 Å². The van der Waals surface area contributed by atoms with E-state index in [1.54, 1.807) is 9.58 Å². The number of hydrogen-bond donors (Lipinski definition) is 0. The van der Waals surface area contributed by atoms with Crippen molar-refractivity contribution < 1.29 is 13.6 Å². The average Bonchev–Trinajstić information content (AvgIpc) is 2.95. The van der Waals surface area contributed by atoms with Crippen LogP contribution in [0.1, 0.15) is 30.7 Å². The van der Waals surface area contributed by atoms with E-state index in [4.69, 9.17) is 0 Å². The summed E-state index contributed by atoms with van der Waals surface area (Å²) in [6.07, 6.45) is 3.53. The first kappa shape index (κ1) is 14.3. The molecule has 1 aliphatic carbocycles. The van der Waals surface area contributed by atoms with Gasteiger partial charge < -0.3 is 4.90 Å². The number of benzene rings is 1. The maximum Gasteiger partial charge on any atom is 0.233 e. The summed E-state index contributed by atoms with van der Waals surface area (Å²) in [6.45, 7) is 1.49. The number of nitrogens with zero attached hydrogens (tertiary/aromatic N) is 4. The van der Waals surface area contributed by atoms with E-state index in [9.17, 15) is 13.6 Å². The first-order valence-electron chi connectivity index (χ1n) is 7.72. The second-order valence-corrected chi connectivity index (χ2v) is 6.19. The molecule has 120 valence electrons. The van der Waals surface area contributed by atoms with Crippen LogP contribution in [0.5, 0.6) is 0 Å². The Morgan fingerprint density at radius 2 is 2.04 bits per heavy atom. The van der Waals surface area contributed by atoms with E-state index in [2.05, 4.69) is 10.1 Å². The summed E-state index contributed by atoms with van der Waals surface area (Å²) in [5.41, 5.74) is -0.554. The molecule has 7 heteroatoms. The van der Waals surface area contributed by atoms with Gasteiger partial charge in [-0.15, -0.1) is 0 Å². The number of carbonyl (C=O) groups is 1. The van der Waals surface area contributed by atoms with Crippen molar-refractivity contribution in [3.05, 3.63) is 47.5 Å². The summed E-state index contributed by atoms with van der Waals surface area (Å²) in [6, 6.07) is 3.49. The first-order chi connectivity index (χ1) is 11.1. The Morgan fingerprint density at radius 1 is 1.22 bits per heavy atom. The number of aromatic nitrogens is 3. The maximum absolute atomic E-state index is 14.2. The molecule has 23 heavy (non-hydrogen) atoms. The summed E-state index contributed by atoms with van der Waals surface area (Å²) in [7, 11) is 0. The fourth-order valence-corrected chi connectivity index (χ4v) is 3.54. The summed E-state index contributed by atoms with van der Waals surface area (Å²) in [5, 5.41) is 4.09. The van der Waals surface area contributed by atoms with Gasteiger partial charge in [0.2, 0.25) is 5.91 Å². The zero-order valence-corrected chi connectivity index (χ0v) is 12.5. The van der Waals surface area contributed by atoms with Gasteiger partial charge in [-0.1, -0.05) is 12.5 Å². The van der Waals surface area contributed by atoms with Gasteiger partial charge in [0.05, 0.1) is 18.5 Å². The number of amides is 1. The van der Waals surface area contributed by atoms with Crippen molar-refractivity contribution >= 4 is 5.91 Å². The predicted octanol–water partition coefficient (Wildman–Crippen LogP) is 2.02. The molecule has 2 aromatic rings. The SMILES string of the molecule is O=C(N1CCn2ncnc2C1)C1(c2ccc(F)cc2F)CCC1. The molecule has 4 rings (SSSR count). The molecule has 5 nitrogen and oxygen atoms in total. The van der Waals surface area contributed by atoms with E-state index in [0.717, 1.165) is 18.3 Å². The predicted molar refractivity (Wildman–Crippen MR) is 77.3 cm³/mol. The van der Waals surface area contributed by atoms with Crippen LogP contribution in [0, 0.1) is 11.6 Å². The van der Waals surface area contributed by atoms with Gasteiger partial charge in [-0.05, 0) is 18.9 Å². The fourth-order valence-electron chi connectivity index (χ4n) is 3.54. The van der Waals surface area contributed by atoms with Gasteiger partial charge in [-0.3, -0.25) is 4.79 Å². The lowest BCUT2D eigenvalue weighted by molar-refractivity contribution is -0.142. The number of rotatable bonds is 2. The minimum Gasteiger partial charge on any atom is -0.333 e. The van der Waals surface area contributed by atoms with Crippen LogP contribution in [0.25, 0.3) is 0 Å². The first-order valence-corrected chi connectivity index (χ1v) is 7.72. The van der Waals surface area contributed by atoms with Crippen LogP contribution in [0.4, 0.5) is 8.78 Å². The van der Waals surface area contributed by atoms with Crippen molar-refractivity contribution in [2.45, 2.75) is 37.8 Å². The molecule has 1 aromatic heterocycles. The second kappa shape index (κ2) is 5.11. The Morgan fingerprint density at radius 3 is 2.74 bits per heavy atom. The highest BCUT2D eigenvalue weighted by Crippen LogP contribution is 2.46. The van der Waals surface area contributed by atoms with E-state index >= 15 is 0 Å². The molecular weight excluding hydrogens is 302 g/mol. The van der Waals surface area contributed by atoms with Crippen LogP contribution in [0.3, 0.4) is 0 Å². The monoisotopic (exact) mass is 318 g/mol. The molecule has 2 heterocycles. The van der Waals surface area contributed by atoms with E-state index in [1.807, 2.05) is 0 Å². The second-order valence-electron chi connectivity index (χ2n) is 6.19. The van der Waals surface area contributed by atoms with E-state index in [0.29, 0.717) is 38.0 Å². The largest absolute Gasteiger partial charge is 0.333 e. The summed E-state index contributed by atoms with van der Waals surface area (Å²) in [4.78, 5) is 18.9. The molecule has 0 radical (unpaired) electrons. The smallest absolute Gasteiger partial charge is 0.233 e. The highest BCUT2D eigenvalue weighted by molar-refractivity contribution is 5.89. The molecule has 0 bridgehead atoms. The van der Waals surface area contributed by atoms with Crippen molar-refractivity contribution in [1.29, 1.82) is 0 Å². The van der Waals surface area contributed by atoms with Crippen molar-refractivity contribution in [2.75, 3.05) is 6.54 Å². The molecular formula is C16H16F2N4O. The Hall–Kier alpha value is -2.31. The Balaban J connectivity index is 1.66. The fraction of sp³-hybridized carbons (Fsp3) is 0.438. The molecule has 1 fully saturated rings. The van der Waals surface area contributed by atoms with Crippen LogP contribution < -0.4 is 0 Å². The van der Waals surface area contributed by atoms with Crippen LogP contribution in [0.15, 0.2) is 24.5 Å². The number of fused-ring (bicyclic) bond motifs is 1. The molecule has 0 N–H and O–H groups in total. The summed E-state index contributed by atoms with van der Waals surface area (Å²) >= 11 is 0. The molecule has 0 saturated heterocycles. The minimum atomic E-state index is -0.861. The Labute approximate surface area is 131 Å². The highest BCUT2D eigenvalue weighted by Gasteiger charge is 2.49. The molecule has 2 aliphatic rings. The molecule has 0 atom stereocenters. The molecule has 1 saturated carbocycles. The standard InChI is InChI=1S/C16H16F2N4O/c17-11-2-3-12(13(18)8-11)16(4-1-5-16)15(23)21-6-7-22-14(9-21)19-10-20-22/h2-3,8,10H,1,4-7,9H2. The van der Waals surface area contributed by atoms with Crippen LogP contribution in [-0.4, -0.2) is 32.1 Å². The van der Waals surface area contributed by atoms with Crippen molar-refractivity contribution in [3.63, 3.8) is 0 Å². The van der Waals surface area contributed by atoms with Crippen molar-refractivity contribution in [3.8, 4) is 0 Å². The third-order valence-electron chi connectivity index (χ3n) is 4.96. The van der Waals surface area contributed by atoms with Crippen LogP contribution >= 0.6 is 0 Å². The lowest BCUT2D eigenvalue weighted by Crippen LogP contribution is -2.53. The zero-order chi connectivity index (χ0) is 16.0. The van der Waals surface area contributed by atoms with E-state index in [-0.39, 0.29) is 5.91 Å². The normalized spacial score (nSPS) is 19.1. The van der Waals surface area contributed by atoms with Crippen molar-refractivity contribution in [2.24, 2.45) is 0 Å². The minimum absolute atomic E-state index is 0.0940. The lowest BCUT2D eigenvalue weighted by atomic mass is 9.63. The van der Waals surface area contributed by atoms with Gasteiger partial charge >= 0.3 is 0 Å². The number of carbonyl (C=O) groups excluding carboxylic acids is 1. The van der Waals surface area contributed by atoms with Gasteiger partial charge in [0.15, 0.2) is 0 Å². The third kappa shape index (κ3) is 2.14. The highest BCUT2D eigenvalue weighted by atomic mass is 19.1. The summed E-state index contributed by atoms with van der Waals surface area (Å²) in [5.74, 6) is -0.625. The lowest BCUT2D eigenvalue weighted by Gasteiger charge is -2.44. The average molecular weight is 318 g/mol. The number of hydrogen-bond acceptors (Lipinski definition) is 3. The van der Waals surface area contributed by atoms with Crippen LogP contribution in [0.2, 0.25) is 0 Å². The van der Waals surface area contributed by atoms with E-state index < -0.39 is 17.0 Å². The van der Waals surface area contributed by atoms with E-state index in [1.165, 1.54) is 18.5 Å². The summed E-state index contributed by atoms with van der Waals surface area (Å²) < 4.78 is 29.2. The quantitative estimate of drug-likeness (QED) is 0.851. The van der Waals surface area contributed by atoms with Crippen LogP contribution in [-0.2, 0) is 23.3 Å². The number of halogens is 2. The molecule has 1 aromatic carbocycles. The zero-order valence-electron chi connectivity index (χ0n) is 12.5. The van der Waals surface area contributed by atoms with Gasteiger partial charge in [0, 0.05) is 18.2 Å². The van der Waals surface area contributed by atoms with Gasteiger partial charge in [0.1, 0.15) is 23.8 Å². The van der Waals surface area contributed by atoms with Gasteiger partial charge in [0.25, 0.3) is 0 Å². The Bertz CT molecular complexity index is 769. The van der Waals surface area contributed by atoms with Gasteiger partial charge in [-0.25, -0.2) is 18.4 Å². The topological polar surface area (TPSA) is 51.0 Å². The maximum atomic E-state index is 14.2. The molecule has 0 unspecified atom stereocenters. The van der Waals surface area contributed by atoms with Crippen molar-refractivity contribution in [1.82, 2.24) is 19.7 Å². The molecule has 1 aliphatic heterocycles.